The van der Waals surface area contributed by atoms with Crippen LogP contribution in [0.1, 0.15) is 21.6 Å². The molecule has 8 heteroatoms. The van der Waals surface area contributed by atoms with Gasteiger partial charge in [0.1, 0.15) is 11.6 Å². The zero-order chi connectivity index (χ0) is 17.8. The molecule has 1 unspecified atom stereocenters. The molecule has 0 saturated carbocycles. The van der Waals surface area contributed by atoms with Crippen LogP contribution in [0.25, 0.3) is 10.6 Å². The van der Waals surface area contributed by atoms with Crippen LogP contribution in [0.3, 0.4) is 0 Å². The van der Waals surface area contributed by atoms with Gasteiger partial charge in [0.05, 0.1) is 17.5 Å². The van der Waals surface area contributed by atoms with Crippen LogP contribution in [-0.4, -0.2) is 31.2 Å². The van der Waals surface area contributed by atoms with Gasteiger partial charge < -0.3 is 4.74 Å². The third-order valence-electron chi connectivity index (χ3n) is 3.39. The predicted octanol–water partition coefficient (Wildman–Crippen LogP) is 2.78. The van der Waals surface area contributed by atoms with E-state index in [2.05, 4.69) is 10.1 Å². The van der Waals surface area contributed by atoms with Crippen molar-refractivity contribution in [1.29, 1.82) is 0 Å². The predicted molar refractivity (Wildman–Crippen MR) is 97.6 cm³/mol. The first-order valence-electron chi connectivity index (χ1n) is 7.51. The summed E-state index contributed by atoms with van der Waals surface area (Å²) in [6.07, 6.45) is 5.27. The topological polar surface area (TPSA) is 74.1 Å². The van der Waals surface area contributed by atoms with Crippen molar-refractivity contribution in [2.75, 3.05) is 6.26 Å². The number of hydrogen-bond donors (Lipinski definition) is 0. The zero-order valence-corrected chi connectivity index (χ0v) is 15.5. The van der Waals surface area contributed by atoms with Crippen LogP contribution in [0.15, 0.2) is 42.0 Å². The number of esters is 1. The summed E-state index contributed by atoms with van der Waals surface area (Å²) in [5.74, 6) is 0.00135. The molecule has 0 aliphatic heterocycles. The fourth-order valence-electron chi connectivity index (χ4n) is 2.28. The molecule has 0 N–H and O–H groups in total. The van der Waals surface area contributed by atoms with Crippen LogP contribution in [-0.2, 0) is 34.9 Å². The lowest BCUT2D eigenvalue weighted by molar-refractivity contribution is 0.0468. The maximum absolute atomic E-state index is 12.2. The van der Waals surface area contributed by atoms with Crippen molar-refractivity contribution in [2.24, 2.45) is 7.05 Å². The van der Waals surface area contributed by atoms with Crippen molar-refractivity contribution >= 4 is 28.1 Å². The van der Waals surface area contributed by atoms with E-state index >= 15 is 0 Å². The van der Waals surface area contributed by atoms with E-state index < -0.39 is 16.8 Å². The van der Waals surface area contributed by atoms with Crippen LogP contribution < -0.4 is 0 Å². The molecule has 3 aromatic rings. The van der Waals surface area contributed by atoms with Gasteiger partial charge >= 0.3 is 5.97 Å². The van der Waals surface area contributed by atoms with Crippen LogP contribution in [0.4, 0.5) is 0 Å². The molecule has 0 amide bonds. The fraction of sp³-hybridized carbons (Fsp3) is 0.235. The minimum Gasteiger partial charge on any atom is -0.456 e. The number of ether oxygens (including phenoxy) is 1. The molecule has 0 bridgehead atoms. The second-order valence-corrected chi connectivity index (χ2v) is 7.83. The first-order chi connectivity index (χ1) is 12.0. The van der Waals surface area contributed by atoms with E-state index in [0.717, 1.165) is 16.1 Å². The molecule has 2 heterocycles. The number of carbonyl (C=O) groups excluding carboxylic acids is 1. The van der Waals surface area contributed by atoms with Crippen molar-refractivity contribution in [3.63, 3.8) is 0 Å². The third kappa shape index (κ3) is 4.61. The average molecular weight is 375 g/mol. The number of aryl methyl sites for hydroxylation is 1. The molecular formula is C17H17N3O3S2. The van der Waals surface area contributed by atoms with Gasteiger partial charge in [-0.2, -0.15) is 5.10 Å². The summed E-state index contributed by atoms with van der Waals surface area (Å²) in [5, 5.41) is 6.83. The van der Waals surface area contributed by atoms with Gasteiger partial charge in [0.2, 0.25) is 0 Å². The Morgan fingerprint density at radius 2 is 2.24 bits per heavy atom. The second kappa shape index (κ2) is 7.71. The van der Waals surface area contributed by atoms with E-state index in [0.29, 0.717) is 17.0 Å². The molecule has 0 fully saturated rings. The number of benzene rings is 1. The molecular weight excluding hydrogens is 358 g/mol. The highest BCUT2D eigenvalue weighted by molar-refractivity contribution is 7.83. The summed E-state index contributed by atoms with van der Waals surface area (Å²) in [6, 6.07) is 7.01. The first-order valence-corrected chi connectivity index (χ1v) is 10.1. The van der Waals surface area contributed by atoms with Crippen LogP contribution in [0, 0.1) is 0 Å². The number of nitrogens with zero attached hydrogens (tertiary/aromatic N) is 3. The Kier molecular flexibility index (Phi) is 5.40. The Morgan fingerprint density at radius 3 is 2.96 bits per heavy atom. The Bertz CT molecular complexity index is 917. The molecule has 130 valence electrons. The van der Waals surface area contributed by atoms with Crippen LogP contribution >= 0.6 is 11.3 Å². The van der Waals surface area contributed by atoms with Crippen molar-refractivity contribution in [2.45, 2.75) is 12.4 Å². The summed E-state index contributed by atoms with van der Waals surface area (Å²) in [6.45, 7) is 0.111. The maximum Gasteiger partial charge on any atom is 0.338 e. The number of rotatable bonds is 6. The van der Waals surface area contributed by atoms with E-state index in [4.69, 9.17) is 4.74 Å². The summed E-state index contributed by atoms with van der Waals surface area (Å²) < 4.78 is 18.4. The van der Waals surface area contributed by atoms with Crippen molar-refractivity contribution < 1.29 is 13.7 Å². The molecule has 0 saturated heterocycles. The molecule has 0 spiro atoms. The van der Waals surface area contributed by atoms with Gasteiger partial charge in [0.15, 0.2) is 0 Å². The van der Waals surface area contributed by atoms with E-state index in [-0.39, 0.29) is 6.61 Å². The molecule has 0 aliphatic rings. The Morgan fingerprint density at radius 1 is 1.40 bits per heavy atom. The maximum atomic E-state index is 12.2. The standard InChI is InChI=1S/C17H17N3O3S2/c1-20-8-14(7-18-20)16-19-15(10-24-16)9-23-17(21)13-5-3-4-12(6-13)11-25(2)22/h3-8,10H,9,11H2,1-2H3. The summed E-state index contributed by atoms with van der Waals surface area (Å²) in [4.78, 5) is 16.7. The summed E-state index contributed by atoms with van der Waals surface area (Å²) in [7, 11) is 0.896. The SMILES string of the molecule is Cn1cc(-c2nc(COC(=O)c3cccc(CS(C)=O)c3)cs2)cn1. The van der Waals surface area contributed by atoms with Gasteiger partial charge in [-0.3, -0.25) is 8.89 Å². The van der Waals surface area contributed by atoms with E-state index in [1.54, 1.807) is 35.3 Å². The van der Waals surface area contributed by atoms with E-state index in [1.807, 2.05) is 24.7 Å². The van der Waals surface area contributed by atoms with Crippen LogP contribution in [0.5, 0.6) is 0 Å². The Hall–Kier alpha value is -2.32. The van der Waals surface area contributed by atoms with Crippen molar-refractivity contribution in [3.05, 3.63) is 58.9 Å². The Labute approximate surface area is 151 Å². The van der Waals surface area contributed by atoms with Crippen LogP contribution in [0.2, 0.25) is 0 Å². The lowest BCUT2D eigenvalue weighted by atomic mass is 10.1. The van der Waals surface area contributed by atoms with Crippen molar-refractivity contribution in [3.8, 4) is 10.6 Å². The smallest absolute Gasteiger partial charge is 0.338 e. The summed E-state index contributed by atoms with van der Waals surface area (Å²) in [5.41, 5.74) is 2.93. The molecule has 6 nitrogen and oxygen atoms in total. The summed E-state index contributed by atoms with van der Waals surface area (Å²) >= 11 is 1.48. The third-order valence-corrected chi connectivity index (χ3v) is 5.07. The molecule has 1 atom stereocenters. The molecule has 2 aromatic heterocycles. The highest BCUT2D eigenvalue weighted by atomic mass is 32.2. The zero-order valence-electron chi connectivity index (χ0n) is 13.8. The largest absolute Gasteiger partial charge is 0.456 e. The fourth-order valence-corrected chi connectivity index (χ4v) is 3.71. The average Bonchev–Trinajstić information content (AvgIpc) is 3.21. The molecule has 1 aromatic carbocycles. The minimum absolute atomic E-state index is 0.111. The molecule has 25 heavy (non-hydrogen) atoms. The van der Waals surface area contributed by atoms with Gasteiger partial charge in [-0.05, 0) is 17.7 Å². The van der Waals surface area contributed by atoms with Gasteiger partial charge in [0.25, 0.3) is 0 Å². The van der Waals surface area contributed by atoms with Gasteiger partial charge in [-0.25, -0.2) is 9.78 Å². The lowest BCUT2D eigenvalue weighted by Gasteiger charge is -2.05. The van der Waals surface area contributed by atoms with E-state index in [9.17, 15) is 9.00 Å². The number of carbonyl (C=O) groups is 1. The normalized spacial score (nSPS) is 12.1. The molecule has 0 aliphatic carbocycles. The number of thiazole rings is 1. The number of aromatic nitrogens is 3. The minimum atomic E-state index is -0.953. The number of hydrogen-bond acceptors (Lipinski definition) is 6. The monoisotopic (exact) mass is 375 g/mol. The molecule has 3 rings (SSSR count). The second-order valence-electron chi connectivity index (χ2n) is 5.54. The lowest BCUT2D eigenvalue weighted by Crippen LogP contribution is -2.06. The van der Waals surface area contributed by atoms with E-state index in [1.165, 1.54) is 11.3 Å². The van der Waals surface area contributed by atoms with Crippen molar-refractivity contribution in [1.82, 2.24) is 14.8 Å². The highest BCUT2D eigenvalue weighted by Crippen LogP contribution is 2.23. The first kappa shape index (κ1) is 17.5. The molecule has 0 radical (unpaired) electrons. The van der Waals surface area contributed by atoms with Gasteiger partial charge in [0, 0.05) is 47.0 Å². The highest BCUT2D eigenvalue weighted by Gasteiger charge is 2.11. The quantitative estimate of drug-likeness (QED) is 0.620. The Balaban J connectivity index is 1.63. The van der Waals surface area contributed by atoms with Gasteiger partial charge in [-0.1, -0.05) is 12.1 Å². The van der Waals surface area contributed by atoms with Gasteiger partial charge in [-0.15, -0.1) is 11.3 Å².